The number of hydrogen-bond acceptors (Lipinski definition) is 2. The van der Waals surface area contributed by atoms with Crippen molar-refractivity contribution in [2.75, 3.05) is 0 Å². The Morgan fingerprint density at radius 2 is 1.81 bits per heavy atom. The van der Waals surface area contributed by atoms with Crippen molar-refractivity contribution in [1.29, 1.82) is 0 Å². The molecule has 4 heteroatoms. The lowest BCUT2D eigenvalue weighted by Gasteiger charge is -2.05. The van der Waals surface area contributed by atoms with E-state index in [2.05, 4.69) is 35.9 Å². The van der Waals surface area contributed by atoms with Gasteiger partial charge in [-0.25, -0.2) is 4.98 Å². The average molecular weight is 301 g/mol. The van der Waals surface area contributed by atoms with E-state index in [1.807, 2.05) is 25.1 Å². The Labute approximate surface area is 128 Å². The van der Waals surface area contributed by atoms with E-state index in [1.165, 1.54) is 11.1 Å². The molecule has 0 radical (unpaired) electrons. The minimum absolute atomic E-state index is 0.411. The minimum Gasteiger partial charge on any atom is -0.486 e. The number of nitrogens with zero attached hydrogens (tertiary/aromatic N) is 1. The maximum Gasteiger partial charge on any atom is 0.146 e. The molecule has 0 saturated carbocycles. The van der Waals surface area contributed by atoms with E-state index in [4.69, 9.17) is 16.3 Å². The zero-order valence-corrected chi connectivity index (χ0v) is 13.1. The first-order chi connectivity index (χ1) is 10.0. The summed E-state index contributed by atoms with van der Waals surface area (Å²) in [5.41, 5.74) is 5.53. The second-order valence-electron chi connectivity index (χ2n) is 5.34. The van der Waals surface area contributed by atoms with Crippen LogP contribution in [0.4, 0.5) is 0 Å². The van der Waals surface area contributed by atoms with E-state index in [1.54, 1.807) is 0 Å². The van der Waals surface area contributed by atoms with Crippen LogP contribution < -0.4 is 4.74 Å². The van der Waals surface area contributed by atoms with Crippen LogP contribution in [0.2, 0.25) is 5.02 Å². The van der Waals surface area contributed by atoms with Gasteiger partial charge in [0.1, 0.15) is 18.2 Å². The van der Waals surface area contributed by atoms with Gasteiger partial charge in [-0.2, -0.15) is 0 Å². The SMILES string of the molecule is Cc1cc2nc(COc3ccc(Cl)c(C)c3)[nH]c2cc1C. The van der Waals surface area contributed by atoms with E-state index in [-0.39, 0.29) is 0 Å². The van der Waals surface area contributed by atoms with Crippen LogP contribution in [0.3, 0.4) is 0 Å². The number of aromatic amines is 1. The van der Waals surface area contributed by atoms with Crippen molar-refractivity contribution in [3.8, 4) is 5.75 Å². The molecular weight excluding hydrogens is 284 g/mol. The molecule has 3 aromatic rings. The molecule has 0 atom stereocenters. The molecule has 0 aliphatic carbocycles. The number of benzene rings is 2. The summed E-state index contributed by atoms with van der Waals surface area (Å²) in [7, 11) is 0. The molecule has 21 heavy (non-hydrogen) atoms. The highest BCUT2D eigenvalue weighted by Gasteiger charge is 2.06. The lowest BCUT2D eigenvalue weighted by Crippen LogP contribution is -1.97. The summed E-state index contributed by atoms with van der Waals surface area (Å²) in [5, 5.41) is 0.747. The summed E-state index contributed by atoms with van der Waals surface area (Å²) in [4.78, 5) is 7.86. The number of halogens is 1. The highest BCUT2D eigenvalue weighted by Crippen LogP contribution is 2.22. The fourth-order valence-electron chi connectivity index (χ4n) is 2.25. The van der Waals surface area contributed by atoms with Gasteiger partial charge in [0, 0.05) is 5.02 Å². The Bertz CT molecular complexity index is 769. The van der Waals surface area contributed by atoms with E-state index in [0.29, 0.717) is 6.61 Å². The highest BCUT2D eigenvalue weighted by molar-refractivity contribution is 6.31. The number of ether oxygens (including phenoxy) is 1. The smallest absolute Gasteiger partial charge is 0.146 e. The maximum absolute atomic E-state index is 6.01. The molecule has 1 aromatic heterocycles. The Morgan fingerprint density at radius 1 is 1.05 bits per heavy atom. The van der Waals surface area contributed by atoms with Crippen molar-refractivity contribution in [2.45, 2.75) is 27.4 Å². The van der Waals surface area contributed by atoms with E-state index >= 15 is 0 Å². The Morgan fingerprint density at radius 3 is 2.57 bits per heavy atom. The molecular formula is C17H17ClN2O. The molecule has 0 spiro atoms. The van der Waals surface area contributed by atoms with Gasteiger partial charge in [0.15, 0.2) is 0 Å². The van der Waals surface area contributed by atoms with Gasteiger partial charge in [-0.3, -0.25) is 0 Å². The topological polar surface area (TPSA) is 37.9 Å². The summed E-state index contributed by atoms with van der Waals surface area (Å²) in [6.45, 7) is 6.56. The number of aromatic nitrogens is 2. The lowest BCUT2D eigenvalue weighted by molar-refractivity contribution is 0.297. The Balaban J connectivity index is 1.80. The summed E-state index contributed by atoms with van der Waals surface area (Å²) < 4.78 is 5.77. The average Bonchev–Trinajstić information content (AvgIpc) is 2.82. The van der Waals surface area contributed by atoms with Gasteiger partial charge in [-0.1, -0.05) is 11.6 Å². The molecule has 1 N–H and O–H groups in total. The summed E-state index contributed by atoms with van der Waals surface area (Å²) in [5.74, 6) is 1.62. The third-order valence-electron chi connectivity index (χ3n) is 3.65. The van der Waals surface area contributed by atoms with Crippen LogP contribution >= 0.6 is 11.6 Å². The predicted molar refractivity (Wildman–Crippen MR) is 86.1 cm³/mol. The summed E-state index contributed by atoms with van der Waals surface area (Å²) >= 11 is 6.01. The van der Waals surface area contributed by atoms with Gasteiger partial charge >= 0.3 is 0 Å². The molecule has 0 unspecified atom stereocenters. The first-order valence-electron chi connectivity index (χ1n) is 6.88. The molecule has 0 aliphatic rings. The monoisotopic (exact) mass is 300 g/mol. The summed E-state index contributed by atoms with van der Waals surface area (Å²) in [6, 6.07) is 9.86. The van der Waals surface area contributed by atoms with Crippen LogP contribution in [0.1, 0.15) is 22.5 Å². The van der Waals surface area contributed by atoms with Gasteiger partial charge in [-0.05, 0) is 67.8 Å². The van der Waals surface area contributed by atoms with Crippen molar-refractivity contribution in [3.05, 3.63) is 57.9 Å². The number of imidazole rings is 1. The maximum atomic E-state index is 6.01. The van der Waals surface area contributed by atoms with Gasteiger partial charge in [0.05, 0.1) is 11.0 Å². The molecule has 2 aromatic carbocycles. The third kappa shape index (κ3) is 2.88. The second kappa shape index (κ2) is 5.41. The number of H-pyrrole nitrogens is 1. The normalized spacial score (nSPS) is 11.0. The minimum atomic E-state index is 0.411. The molecule has 3 nitrogen and oxygen atoms in total. The van der Waals surface area contributed by atoms with Crippen LogP contribution in [-0.4, -0.2) is 9.97 Å². The van der Waals surface area contributed by atoms with Gasteiger partial charge in [0.25, 0.3) is 0 Å². The predicted octanol–water partition coefficient (Wildman–Crippen LogP) is 4.72. The van der Waals surface area contributed by atoms with Gasteiger partial charge in [0.2, 0.25) is 0 Å². The first kappa shape index (κ1) is 14.0. The fourth-order valence-corrected chi connectivity index (χ4v) is 2.37. The van der Waals surface area contributed by atoms with Crippen LogP contribution in [-0.2, 0) is 6.61 Å². The molecule has 3 rings (SSSR count). The van der Waals surface area contributed by atoms with E-state index < -0.39 is 0 Å². The molecule has 0 amide bonds. The number of fused-ring (bicyclic) bond motifs is 1. The second-order valence-corrected chi connectivity index (χ2v) is 5.74. The van der Waals surface area contributed by atoms with Gasteiger partial charge < -0.3 is 9.72 Å². The molecule has 0 bridgehead atoms. The standard InChI is InChI=1S/C17H17ClN2O/c1-10-7-15-16(8-11(10)2)20-17(19-15)9-21-13-4-5-14(18)12(3)6-13/h4-8H,9H2,1-3H3,(H,19,20). The van der Waals surface area contributed by atoms with Gasteiger partial charge in [-0.15, -0.1) is 0 Å². The van der Waals surface area contributed by atoms with Crippen molar-refractivity contribution in [3.63, 3.8) is 0 Å². The van der Waals surface area contributed by atoms with Crippen molar-refractivity contribution in [1.82, 2.24) is 9.97 Å². The highest BCUT2D eigenvalue weighted by atomic mass is 35.5. The molecule has 0 saturated heterocycles. The van der Waals surface area contributed by atoms with Crippen LogP contribution in [0.25, 0.3) is 11.0 Å². The quantitative estimate of drug-likeness (QED) is 0.760. The van der Waals surface area contributed by atoms with Crippen molar-refractivity contribution in [2.24, 2.45) is 0 Å². The molecule has 1 heterocycles. The van der Waals surface area contributed by atoms with Crippen LogP contribution in [0.15, 0.2) is 30.3 Å². The van der Waals surface area contributed by atoms with E-state index in [9.17, 15) is 0 Å². The lowest BCUT2D eigenvalue weighted by atomic mass is 10.1. The molecule has 108 valence electrons. The number of nitrogens with one attached hydrogen (secondary N) is 1. The fraction of sp³-hybridized carbons (Fsp3) is 0.235. The van der Waals surface area contributed by atoms with Crippen molar-refractivity contribution < 1.29 is 4.74 Å². The molecule has 0 aliphatic heterocycles. The number of hydrogen-bond donors (Lipinski definition) is 1. The summed E-state index contributed by atoms with van der Waals surface area (Å²) in [6.07, 6.45) is 0. The van der Waals surface area contributed by atoms with E-state index in [0.717, 1.165) is 33.2 Å². The van der Waals surface area contributed by atoms with Crippen molar-refractivity contribution >= 4 is 22.6 Å². The Kier molecular flexibility index (Phi) is 3.60. The van der Waals surface area contributed by atoms with Crippen LogP contribution in [0.5, 0.6) is 5.75 Å². The number of rotatable bonds is 3. The first-order valence-corrected chi connectivity index (χ1v) is 7.25. The van der Waals surface area contributed by atoms with Crippen LogP contribution in [0, 0.1) is 20.8 Å². The zero-order valence-electron chi connectivity index (χ0n) is 12.3. The number of aryl methyl sites for hydroxylation is 3. The Hall–Kier alpha value is -2.00. The molecule has 0 fully saturated rings. The third-order valence-corrected chi connectivity index (χ3v) is 4.08. The largest absolute Gasteiger partial charge is 0.486 e. The zero-order chi connectivity index (χ0) is 15.0.